The Labute approximate surface area is 187 Å². The summed E-state index contributed by atoms with van der Waals surface area (Å²) in [5, 5.41) is 6.39. The van der Waals surface area contributed by atoms with E-state index in [4.69, 9.17) is 4.74 Å². The van der Waals surface area contributed by atoms with Crippen molar-refractivity contribution >= 4 is 29.4 Å². The molecule has 2 aromatic carbocycles. The SMILES string of the molecule is CCc1ccc(N[C@H]2NC(=O)/C(=C/c3cc(C)n(-c4ccc(OC)cc4)c3C)S2)cc1. The fourth-order valence-corrected chi connectivity index (χ4v) is 4.73. The fraction of sp³-hybridized carbons (Fsp3) is 0.240. The Bertz CT molecular complexity index is 1110. The number of hydrogen-bond donors (Lipinski definition) is 2. The highest BCUT2D eigenvalue weighted by atomic mass is 32.2. The summed E-state index contributed by atoms with van der Waals surface area (Å²) >= 11 is 1.51. The van der Waals surface area contributed by atoms with Crippen molar-refractivity contribution in [2.45, 2.75) is 32.7 Å². The maximum absolute atomic E-state index is 12.6. The second kappa shape index (κ2) is 8.94. The van der Waals surface area contributed by atoms with E-state index < -0.39 is 0 Å². The van der Waals surface area contributed by atoms with Gasteiger partial charge in [-0.2, -0.15) is 0 Å². The summed E-state index contributed by atoms with van der Waals surface area (Å²) in [6.45, 7) is 6.29. The van der Waals surface area contributed by atoms with Crippen LogP contribution >= 0.6 is 11.8 Å². The summed E-state index contributed by atoms with van der Waals surface area (Å²) < 4.78 is 7.45. The van der Waals surface area contributed by atoms with E-state index in [1.807, 2.05) is 30.3 Å². The molecular formula is C25H27N3O2S. The Morgan fingerprint density at radius 3 is 2.48 bits per heavy atom. The van der Waals surface area contributed by atoms with Gasteiger partial charge in [-0.3, -0.25) is 4.79 Å². The molecule has 0 saturated carbocycles. The third-order valence-electron chi connectivity index (χ3n) is 5.48. The number of anilines is 1. The first-order chi connectivity index (χ1) is 15.0. The number of rotatable bonds is 6. The van der Waals surface area contributed by atoms with Crippen LogP contribution in [0.1, 0.15) is 29.4 Å². The third kappa shape index (κ3) is 4.49. The Morgan fingerprint density at radius 1 is 1.13 bits per heavy atom. The minimum absolute atomic E-state index is 0.0538. The number of amides is 1. The first kappa shape index (κ1) is 21.1. The van der Waals surface area contributed by atoms with Crippen LogP contribution < -0.4 is 15.4 Å². The molecule has 0 bridgehead atoms. The molecule has 3 aromatic rings. The summed E-state index contributed by atoms with van der Waals surface area (Å²) in [4.78, 5) is 13.3. The molecular weight excluding hydrogens is 406 g/mol. The molecule has 1 saturated heterocycles. The van der Waals surface area contributed by atoms with Gasteiger partial charge in [-0.25, -0.2) is 0 Å². The molecule has 5 nitrogen and oxygen atoms in total. The number of aromatic nitrogens is 1. The Morgan fingerprint density at radius 2 is 1.84 bits per heavy atom. The molecule has 2 N–H and O–H groups in total. The predicted octanol–water partition coefficient (Wildman–Crippen LogP) is 5.26. The minimum Gasteiger partial charge on any atom is -0.497 e. The van der Waals surface area contributed by atoms with Crippen molar-refractivity contribution in [1.29, 1.82) is 0 Å². The normalized spacial score (nSPS) is 17.1. The number of nitrogens with zero attached hydrogens (tertiary/aromatic N) is 1. The van der Waals surface area contributed by atoms with Crippen LogP contribution in [0.25, 0.3) is 11.8 Å². The lowest BCUT2D eigenvalue weighted by atomic mass is 10.1. The van der Waals surface area contributed by atoms with E-state index in [1.165, 1.54) is 17.3 Å². The van der Waals surface area contributed by atoms with Crippen molar-refractivity contribution in [3.05, 3.63) is 82.0 Å². The van der Waals surface area contributed by atoms with Crippen LogP contribution in [-0.2, 0) is 11.2 Å². The first-order valence-corrected chi connectivity index (χ1v) is 11.2. The number of thioether (sulfide) groups is 1. The molecule has 1 aromatic heterocycles. The summed E-state index contributed by atoms with van der Waals surface area (Å²) in [5.41, 5.74) is 6.42. The number of carbonyl (C=O) groups is 1. The molecule has 160 valence electrons. The zero-order chi connectivity index (χ0) is 22.0. The van der Waals surface area contributed by atoms with Gasteiger partial charge in [0.1, 0.15) is 5.75 Å². The van der Waals surface area contributed by atoms with E-state index in [1.54, 1.807) is 7.11 Å². The second-order valence-corrected chi connectivity index (χ2v) is 8.68. The molecule has 0 unspecified atom stereocenters. The van der Waals surface area contributed by atoms with Crippen LogP contribution in [0, 0.1) is 13.8 Å². The van der Waals surface area contributed by atoms with Gasteiger partial charge in [-0.1, -0.05) is 30.8 Å². The van der Waals surface area contributed by atoms with Gasteiger partial charge in [-0.15, -0.1) is 0 Å². The summed E-state index contributed by atoms with van der Waals surface area (Å²) in [5.74, 6) is 0.775. The molecule has 1 aliphatic rings. The van der Waals surface area contributed by atoms with Crippen LogP contribution in [-0.4, -0.2) is 23.1 Å². The molecule has 1 fully saturated rings. The summed E-state index contributed by atoms with van der Waals surface area (Å²) in [6.07, 6.45) is 2.99. The van der Waals surface area contributed by atoms with Crippen molar-refractivity contribution in [2.75, 3.05) is 12.4 Å². The average molecular weight is 434 g/mol. The molecule has 0 radical (unpaired) electrons. The van der Waals surface area contributed by atoms with Gasteiger partial charge in [0.15, 0.2) is 5.50 Å². The van der Waals surface area contributed by atoms with Crippen molar-refractivity contribution in [1.82, 2.24) is 9.88 Å². The molecule has 0 spiro atoms. The molecule has 0 aliphatic carbocycles. The summed E-state index contributed by atoms with van der Waals surface area (Å²) in [7, 11) is 1.66. The quantitative estimate of drug-likeness (QED) is 0.521. The lowest BCUT2D eigenvalue weighted by molar-refractivity contribution is -0.116. The second-order valence-electron chi connectivity index (χ2n) is 7.53. The summed E-state index contributed by atoms with van der Waals surface area (Å²) in [6, 6.07) is 18.4. The molecule has 1 amide bonds. The van der Waals surface area contributed by atoms with Gasteiger partial charge in [0.25, 0.3) is 5.91 Å². The number of methoxy groups -OCH3 is 1. The molecule has 4 rings (SSSR count). The van der Waals surface area contributed by atoms with E-state index in [0.29, 0.717) is 4.91 Å². The van der Waals surface area contributed by atoms with Crippen LogP contribution in [0.3, 0.4) is 0 Å². The number of aryl methyl sites for hydroxylation is 2. The van der Waals surface area contributed by atoms with Gasteiger partial charge in [0.05, 0.1) is 12.0 Å². The fourth-order valence-electron chi connectivity index (χ4n) is 3.76. The standard InChI is InChI=1S/C25H27N3O2S/c1-5-18-6-8-20(9-7-18)26-25-27-24(29)23(31-25)15-19-14-16(2)28(17(19)3)21-10-12-22(30-4)13-11-21/h6-15,25-26H,5H2,1-4H3,(H,27,29)/b23-15-/t25-/m0/s1. The van der Waals surface area contributed by atoms with Crippen LogP contribution in [0.2, 0.25) is 0 Å². The highest BCUT2D eigenvalue weighted by Crippen LogP contribution is 2.32. The van der Waals surface area contributed by atoms with Gasteiger partial charge in [0, 0.05) is 22.8 Å². The van der Waals surface area contributed by atoms with Crippen molar-refractivity contribution < 1.29 is 9.53 Å². The van der Waals surface area contributed by atoms with Crippen molar-refractivity contribution in [3.8, 4) is 11.4 Å². The largest absolute Gasteiger partial charge is 0.497 e. The van der Waals surface area contributed by atoms with E-state index in [0.717, 1.165) is 40.5 Å². The third-order valence-corrected chi connectivity index (χ3v) is 6.51. The molecule has 1 aliphatic heterocycles. The Hall–Kier alpha value is -3.12. The van der Waals surface area contributed by atoms with Gasteiger partial charge >= 0.3 is 0 Å². The van der Waals surface area contributed by atoms with Gasteiger partial charge in [-0.05, 0) is 79.9 Å². The highest BCUT2D eigenvalue weighted by Gasteiger charge is 2.27. The molecule has 2 heterocycles. The van der Waals surface area contributed by atoms with Crippen molar-refractivity contribution in [2.24, 2.45) is 0 Å². The van der Waals surface area contributed by atoms with E-state index in [-0.39, 0.29) is 11.4 Å². The van der Waals surface area contributed by atoms with Crippen molar-refractivity contribution in [3.63, 3.8) is 0 Å². The maximum atomic E-state index is 12.6. The van der Waals surface area contributed by atoms with Crippen LogP contribution in [0.5, 0.6) is 5.75 Å². The van der Waals surface area contributed by atoms with Gasteiger partial charge < -0.3 is 19.9 Å². The molecule has 31 heavy (non-hydrogen) atoms. The van der Waals surface area contributed by atoms with E-state index >= 15 is 0 Å². The minimum atomic E-state index is -0.184. The topological polar surface area (TPSA) is 55.3 Å². The number of hydrogen-bond acceptors (Lipinski definition) is 4. The lowest BCUT2D eigenvalue weighted by Crippen LogP contribution is -2.30. The number of nitrogens with one attached hydrogen (secondary N) is 2. The lowest BCUT2D eigenvalue weighted by Gasteiger charge is -2.12. The Kier molecular flexibility index (Phi) is 6.09. The monoisotopic (exact) mass is 433 g/mol. The molecule has 1 atom stereocenters. The predicted molar refractivity (Wildman–Crippen MR) is 129 cm³/mol. The number of ether oxygens (including phenoxy) is 1. The van der Waals surface area contributed by atoms with E-state index in [9.17, 15) is 4.79 Å². The Balaban J connectivity index is 1.53. The zero-order valence-electron chi connectivity index (χ0n) is 18.2. The maximum Gasteiger partial charge on any atom is 0.260 e. The van der Waals surface area contributed by atoms with Crippen LogP contribution in [0.15, 0.2) is 59.5 Å². The average Bonchev–Trinajstić information content (AvgIpc) is 3.26. The highest BCUT2D eigenvalue weighted by molar-refractivity contribution is 8.05. The first-order valence-electron chi connectivity index (χ1n) is 10.4. The van der Waals surface area contributed by atoms with E-state index in [2.05, 4.69) is 66.3 Å². The van der Waals surface area contributed by atoms with Crippen LogP contribution in [0.4, 0.5) is 5.69 Å². The smallest absolute Gasteiger partial charge is 0.260 e. The number of carbonyl (C=O) groups excluding carboxylic acids is 1. The zero-order valence-corrected chi connectivity index (χ0v) is 19.0. The number of benzene rings is 2. The van der Waals surface area contributed by atoms with Gasteiger partial charge in [0.2, 0.25) is 0 Å². The molecule has 6 heteroatoms.